The summed E-state index contributed by atoms with van der Waals surface area (Å²) < 4.78 is 18.5. The lowest BCUT2D eigenvalue weighted by atomic mass is 10.2. The van der Waals surface area contributed by atoms with E-state index in [0.717, 1.165) is 29.7 Å². The van der Waals surface area contributed by atoms with Crippen molar-refractivity contribution < 1.29 is 13.6 Å². The predicted octanol–water partition coefficient (Wildman–Crippen LogP) is 4.84. The SMILES string of the molecule is CCN(c1ccc(NC(=O)CSc2nnc(-c3ccc(F)cc3)o2)cc1)C(C)C. The van der Waals surface area contributed by atoms with Crippen LogP contribution in [0.3, 0.4) is 0 Å². The van der Waals surface area contributed by atoms with Crippen molar-refractivity contribution in [2.75, 3.05) is 22.5 Å². The van der Waals surface area contributed by atoms with Gasteiger partial charge in [0.15, 0.2) is 0 Å². The maximum absolute atomic E-state index is 13.0. The number of amides is 1. The molecular weight excluding hydrogens is 391 g/mol. The fraction of sp³-hybridized carbons (Fsp3) is 0.286. The first kappa shape index (κ1) is 20.9. The molecule has 0 unspecified atom stereocenters. The number of aromatic nitrogens is 2. The van der Waals surface area contributed by atoms with Gasteiger partial charge in [0.25, 0.3) is 5.22 Å². The summed E-state index contributed by atoms with van der Waals surface area (Å²) in [6.07, 6.45) is 0. The molecule has 8 heteroatoms. The van der Waals surface area contributed by atoms with Gasteiger partial charge in [0, 0.05) is 29.5 Å². The molecule has 2 aromatic carbocycles. The van der Waals surface area contributed by atoms with Gasteiger partial charge < -0.3 is 14.6 Å². The Morgan fingerprint density at radius 3 is 2.45 bits per heavy atom. The Morgan fingerprint density at radius 1 is 1.14 bits per heavy atom. The van der Waals surface area contributed by atoms with Crippen LogP contribution in [-0.2, 0) is 4.79 Å². The zero-order valence-electron chi connectivity index (χ0n) is 16.6. The van der Waals surface area contributed by atoms with Gasteiger partial charge in [0.05, 0.1) is 5.75 Å². The van der Waals surface area contributed by atoms with E-state index in [9.17, 15) is 9.18 Å². The molecule has 0 saturated heterocycles. The number of hydrogen-bond donors (Lipinski definition) is 1. The Bertz CT molecular complexity index is 942. The summed E-state index contributed by atoms with van der Waals surface area (Å²) in [7, 11) is 0. The van der Waals surface area contributed by atoms with Crippen LogP contribution in [0.1, 0.15) is 20.8 Å². The minimum Gasteiger partial charge on any atom is -0.411 e. The fourth-order valence-electron chi connectivity index (χ4n) is 2.88. The molecule has 1 amide bonds. The molecule has 0 radical (unpaired) electrons. The first-order valence-electron chi connectivity index (χ1n) is 9.35. The van der Waals surface area contributed by atoms with Crippen LogP contribution in [0.4, 0.5) is 15.8 Å². The first-order valence-corrected chi connectivity index (χ1v) is 10.3. The number of hydrogen-bond acceptors (Lipinski definition) is 6. The third-order valence-electron chi connectivity index (χ3n) is 4.27. The van der Waals surface area contributed by atoms with Crippen molar-refractivity contribution >= 4 is 29.0 Å². The largest absolute Gasteiger partial charge is 0.411 e. The lowest BCUT2D eigenvalue weighted by Gasteiger charge is -2.27. The summed E-state index contributed by atoms with van der Waals surface area (Å²) in [4.78, 5) is 14.5. The van der Waals surface area contributed by atoms with Crippen LogP contribution in [0.2, 0.25) is 0 Å². The summed E-state index contributed by atoms with van der Waals surface area (Å²) in [5.41, 5.74) is 2.48. The summed E-state index contributed by atoms with van der Waals surface area (Å²) in [5, 5.41) is 11.0. The molecular formula is C21H23FN4O2S. The monoisotopic (exact) mass is 414 g/mol. The van der Waals surface area contributed by atoms with Crippen molar-refractivity contribution in [1.29, 1.82) is 0 Å². The summed E-state index contributed by atoms with van der Waals surface area (Å²) >= 11 is 1.15. The van der Waals surface area contributed by atoms with Crippen LogP contribution in [0.5, 0.6) is 0 Å². The molecule has 0 saturated carbocycles. The lowest BCUT2D eigenvalue weighted by molar-refractivity contribution is -0.113. The molecule has 3 rings (SSSR count). The summed E-state index contributed by atoms with van der Waals surface area (Å²) in [5.74, 6) is -0.0753. The number of nitrogens with one attached hydrogen (secondary N) is 1. The van der Waals surface area contributed by atoms with E-state index >= 15 is 0 Å². The second-order valence-electron chi connectivity index (χ2n) is 6.64. The van der Waals surface area contributed by atoms with Gasteiger partial charge in [-0.05, 0) is 69.3 Å². The van der Waals surface area contributed by atoms with E-state index in [1.807, 2.05) is 24.3 Å². The lowest BCUT2D eigenvalue weighted by Crippen LogP contribution is -2.30. The van der Waals surface area contributed by atoms with E-state index in [2.05, 4.69) is 41.2 Å². The maximum Gasteiger partial charge on any atom is 0.277 e. The molecule has 0 aliphatic heterocycles. The van der Waals surface area contributed by atoms with E-state index < -0.39 is 0 Å². The molecule has 1 aromatic heterocycles. The number of halogens is 1. The van der Waals surface area contributed by atoms with E-state index in [1.54, 1.807) is 12.1 Å². The molecule has 1 N–H and O–H groups in total. The van der Waals surface area contributed by atoms with Crippen molar-refractivity contribution in [2.45, 2.75) is 32.0 Å². The normalized spacial score (nSPS) is 10.9. The van der Waals surface area contributed by atoms with Gasteiger partial charge in [-0.25, -0.2) is 4.39 Å². The van der Waals surface area contributed by atoms with Crippen molar-refractivity contribution in [3.05, 3.63) is 54.3 Å². The smallest absolute Gasteiger partial charge is 0.277 e. The number of thioether (sulfide) groups is 1. The maximum atomic E-state index is 13.0. The van der Waals surface area contributed by atoms with Gasteiger partial charge in [0.1, 0.15) is 5.82 Å². The molecule has 29 heavy (non-hydrogen) atoms. The number of nitrogens with zero attached hydrogens (tertiary/aromatic N) is 3. The third-order valence-corrected chi connectivity index (χ3v) is 5.09. The van der Waals surface area contributed by atoms with E-state index in [1.165, 1.54) is 12.1 Å². The van der Waals surface area contributed by atoms with Crippen LogP contribution in [0.25, 0.3) is 11.5 Å². The van der Waals surface area contributed by atoms with Crippen molar-refractivity contribution in [3.63, 3.8) is 0 Å². The Morgan fingerprint density at radius 2 is 1.83 bits per heavy atom. The summed E-state index contributed by atoms with van der Waals surface area (Å²) in [6, 6.07) is 14.0. The van der Waals surface area contributed by atoms with Gasteiger partial charge in [-0.2, -0.15) is 0 Å². The van der Waals surface area contributed by atoms with Crippen LogP contribution in [-0.4, -0.2) is 34.4 Å². The second-order valence-corrected chi connectivity index (χ2v) is 7.57. The summed E-state index contributed by atoms with van der Waals surface area (Å²) in [6.45, 7) is 7.33. The van der Waals surface area contributed by atoms with E-state index in [-0.39, 0.29) is 28.6 Å². The number of carbonyl (C=O) groups excluding carboxylic acids is 1. The Kier molecular flexibility index (Phi) is 6.87. The zero-order valence-corrected chi connectivity index (χ0v) is 17.4. The van der Waals surface area contributed by atoms with Gasteiger partial charge >= 0.3 is 0 Å². The molecule has 3 aromatic rings. The average molecular weight is 415 g/mol. The highest BCUT2D eigenvalue weighted by atomic mass is 32.2. The zero-order chi connectivity index (χ0) is 20.8. The Hall–Kier alpha value is -2.87. The molecule has 0 fully saturated rings. The average Bonchev–Trinajstić information content (AvgIpc) is 3.18. The minimum absolute atomic E-state index is 0.139. The number of carbonyl (C=O) groups is 1. The number of benzene rings is 2. The van der Waals surface area contributed by atoms with Gasteiger partial charge in [0.2, 0.25) is 11.8 Å². The molecule has 152 valence electrons. The molecule has 0 spiro atoms. The number of rotatable bonds is 8. The molecule has 0 atom stereocenters. The standard InChI is InChI=1S/C21H23FN4O2S/c1-4-26(14(2)3)18-11-9-17(10-12-18)23-19(27)13-29-21-25-24-20(28-21)15-5-7-16(22)8-6-15/h5-12,14H,4,13H2,1-3H3,(H,23,27). The molecule has 0 aliphatic rings. The van der Waals surface area contributed by atoms with E-state index in [4.69, 9.17) is 4.42 Å². The van der Waals surface area contributed by atoms with Crippen LogP contribution in [0, 0.1) is 5.82 Å². The van der Waals surface area contributed by atoms with Crippen LogP contribution >= 0.6 is 11.8 Å². The highest BCUT2D eigenvalue weighted by Gasteiger charge is 2.12. The van der Waals surface area contributed by atoms with Crippen molar-refractivity contribution in [3.8, 4) is 11.5 Å². The highest BCUT2D eigenvalue weighted by molar-refractivity contribution is 7.99. The van der Waals surface area contributed by atoms with Crippen LogP contribution < -0.4 is 10.2 Å². The molecule has 1 heterocycles. The van der Waals surface area contributed by atoms with Crippen LogP contribution in [0.15, 0.2) is 58.2 Å². The number of anilines is 2. The Balaban J connectivity index is 1.53. The minimum atomic E-state index is -0.334. The Labute approximate surface area is 173 Å². The first-order chi connectivity index (χ1) is 14.0. The van der Waals surface area contributed by atoms with Gasteiger partial charge in [-0.15, -0.1) is 10.2 Å². The second kappa shape index (κ2) is 9.56. The quantitative estimate of drug-likeness (QED) is 0.532. The van der Waals surface area contributed by atoms with Crippen molar-refractivity contribution in [2.24, 2.45) is 0 Å². The topological polar surface area (TPSA) is 71.3 Å². The third kappa shape index (κ3) is 5.57. The van der Waals surface area contributed by atoms with Gasteiger partial charge in [-0.3, -0.25) is 4.79 Å². The molecule has 6 nitrogen and oxygen atoms in total. The van der Waals surface area contributed by atoms with Crippen molar-refractivity contribution in [1.82, 2.24) is 10.2 Å². The molecule has 0 aliphatic carbocycles. The predicted molar refractivity (Wildman–Crippen MR) is 114 cm³/mol. The molecule has 0 bridgehead atoms. The van der Waals surface area contributed by atoms with Gasteiger partial charge in [-0.1, -0.05) is 11.8 Å². The fourth-order valence-corrected chi connectivity index (χ4v) is 3.45. The highest BCUT2D eigenvalue weighted by Crippen LogP contribution is 2.24. The van der Waals surface area contributed by atoms with E-state index in [0.29, 0.717) is 11.6 Å².